The average Bonchev–Trinajstić information content (AvgIpc) is 2.98. The van der Waals surface area contributed by atoms with E-state index >= 15 is 0 Å². The number of hydrogen-bond acceptors (Lipinski definition) is 4. The normalized spacial score (nSPS) is 22.1. The average molecular weight is 374 g/mol. The first kappa shape index (κ1) is 20.2. The van der Waals surface area contributed by atoms with Crippen molar-refractivity contribution in [2.75, 3.05) is 39.8 Å². The molecule has 2 heterocycles. The summed E-state index contributed by atoms with van der Waals surface area (Å²) in [7, 11) is 2.13. The van der Waals surface area contributed by atoms with E-state index in [1.807, 2.05) is 19.1 Å². The number of nitrogens with zero attached hydrogens (tertiary/aromatic N) is 2. The molecule has 0 aliphatic carbocycles. The molecule has 1 aromatic carbocycles. The van der Waals surface area contributed by atoms with Gasteiger partial charge < -0.3 is 15.0 Å². The lowest BCUT2D eigenvalue weighted by Gasteiger charge is -2.33. The van der Waals surface area contributed by atoms with Crippen LogP contribution in [0.5, 0.6) is 5.75 Å². The summed E-state index contributed by atoms with van der Waals surface area (Å²) in [5, 5.41) is 3.46. The summed E-state index contributed by atoms with van der Waals surface area (Å²) in [6.45, 7) is 9.51. The smallest absolute Gasteiger partial charge is 0.240 e. The third kappa shape index (κ3) is 4.82. The molecule has 3 rings (SSSR count). The van der Waals surface area contributed by atoms with Gasteiger partial charge in [0.15, 0.2) is 0 Å². The third-order valence-electron chi connectivity index (χ3n) is 6.11. The van der Waals surface area contributed by atoms with Gasteiger partial charge in [0.1, 0.15) is 5.75 Å². The molecular formula is C22H35N3O2. The van der Waals surface area contributed by atoms with Crippen molar-refractivity contribution < 1.29 is 9.53 Å². The monoisotopic (exact) mass is 373 g/mol. The molecule has 0 aromatic heterocycles. The number of likely N-dealkylation sites (tertiary alicyclic amines) is 1. The number of carbonyl (C=O) groups is 1. The Balaban J connectivity index is 1.67. The Labute approximate surface area is 164 Å². The third-order valence-corrected chi connectivity index (χ3v) is 6.11. The molecule has 0 saturated carbocycles. The van der Waals surface area contributed by atoms with E-state index in [0.717, 1.165) is 50.3 Å². The molecule has 5 nitrogen and oxygen atoms in total. The van der Waals surface area contributed by atoms with Gasteiger partial charge in [0, 0.05) is 19.6 Å². The van der Waals surface area contributed by atoms with Gasteiger partial charge in [-0.2, -0.15) is 0 Å². The highest BCUT2D eigenvalue weighted by atomic mass is 16.5. The van der Waals surface area contributed by atoms with Crippen molar-refractivity contribution in [3.05, 3.63) is 29.8 Å². The molecule has 1 aromatic rings. The van der Waals surface area contributed by atoms with Crippen molar-refractivity contribution in [1.82, 2.24) is 15.1 Å². The molecule has 2 aliphatic rings. The lowest BCUT2D eigenvalue weighted by atomic mass is 9.77. The van der Waals surface area contributed by atoms with Gasteiger partial charge in [0.25, 0.3) is 0 Å². The fraction of sp³-hybridized carbons (Fsp3) is 0.682. The maximum Gasteiger partial charge on any atom is 0.240 e. The quantitative estimate of drug-likeness (QED) is 0.798. The van der Waals surface area contributed by atoms with Crippen LogP contribution in [0.25, 0.3) is 0 Å². The predicted octanol–water partition coefficient (Wildman–Crippen LogP) is 2.90. The molecule has 27 heavy (non-hydrogen) atoms. The summed E-state index contributed by atoms with van der Waals surface area (Å²) < 4.78 is 5.53. The van der Waals surface area contributed by atoms with Gasteiger partial charge in [0.2, 0.25) is 5.91 Å². The molecular weight excluding hydrogens is 338 g/mol. The van der Waals surface area contributed by atoms with E-state index in [-0.39, 0.29) is 6.04 Å². The van der Waals surface area contributed by atoms with Crippen LogP contribution >= 0.6 is 0 Å². The second kappa shape index (κ2) is 9.07. The molecule has 2 fully saturated rings. The minimum atomic E-state index is 0.0253. The number of benzene rings is 1. The van der Waals surface area contributed by atoms with Gasteiger partial charge in [0.05, 0.1) is 12.6 Å². The molecule has 1 amide bonds. The van der Waals surface area contributed by atoms with Crippen LogP contribution in [0.4, 0.5) is 0 Å². The van der Waals surface area contributed by atoms with Crippen LogP contribution in [0.1, 0.15) is 45.1 Å². The molecule has 2 saturated heterocycles. The van der Waals surface area contributed by atoms with Crippen molar-refractivity contribution in [2.45, 2.75) is 52.1 Å². The van der Waals surface area contributed by atoms with Gasteiger partial charge in [-0.3, -0.25) is 9.69 Å². The SMILES string of the molecule is CCCN(Cc1ccc(OCC)cc1)C(=O)[C@@H]1CC2(CCNCC2)CN1C. The molecule has 1 N–H and O–H groups in total. The number of carbonyl (C=O) groups excluding carboxylic acids is 1. The molecule has 5 heteroatoms. The van der Waals surface area contributed by atoms with Crippen LogP contribution < -0.4 is 10.1 Å². The highest BCUT2D eigenvalue weighted by Crippen LogP contribution is 2.41. The summed E-state index contributed by atoms with van der Waals surface area (Å²) in [5.41, 5.74) is 1.50. The number of rotatable bonds is 7. The maximum atomic E-state index is 13.4. The number of likely N-dealkylation sites (N-methyl/N-ethyl adjacent to an activating group) is 1. The zero-order chi connectivity index (χ0) is 19.3. The Morgan fingerprint density at radius 3 is 2.59 bits per heavy atom. The first-order chi connectivity index (χ1) is 13.1. The summed E-state index contributed by atoms with van der Waals surface area (Å²) in [4.78, 5) is 17.7. The van der Waals surface area contributed by atoms with Crippen LogP contribution in [0.2, 0.25) is 0 Å². The number of nitrogens with one attached hydrogen (secondary N) is 1. The Bertz CT molecular complexity index is 610. The minimum absolute atomic E-state index is 0.0253. The van der Waals surface area contributed by atoms with Crippen LogP contribution in [0.3, 0.4) is 0 Å². The topological polar surface area (TPSA) is 44.8 Å². The Hall–Kier alpha value is -1.59. The maximum absolute atomic E-state index is 13.4. The van der Waals surface area contributed by atoms with Gasteiger partial charge in [-0.15, -0.1) is 0 Å². The van der Waals surface area contributed by atoms with Crippen molar-refractivity contribution in [2.24, 2.45) is 5.41 Å². The van der Waals surface area contributed by atoms with E-state index in [0.29, 0.717) is 24.5 Å². The zero-order valence-electron chi connectivity index (χ0n) is 17.2. The lowest BCUT2D eigenvalue weighted by Crippen LogP contribution is -2.44. The van der Waals surface area contributed by atoms with E-state index in [9.17, 15) is 4.79 Å². The van der Waals surface area contributed by atoms with Crippen LogP contribution in [-0.4, -0.2) is 61.6 Å². The van der Waals surface area contributed by atoms with E-state index in [1.165, 1.54) is 12.8 Å². The molecule has 0 unspecified atom stereocenters. The van der Waals surface area contributed by atoms with E-state index in [4.69, 9.17) is 4.74 Å². The van der Waals surface area contributed by atoms with Crippen molar-refractivity contribution in [1.29, 1.82) is 0 Å². The summed E-state index contributed by atoms with van der Waals surface area (Å²) in [6, 6.07) is 8.18. The molecule has 1 atom stereocenters. The number of amides is 1. The highest BCUT2D eigenvalue weighted by molar-refractivity contribution is 5.82. The van der Waals surface area contributed by atoms with Crippen molar-refractivity contribution in [3.63, 3.8) is 0 Å². The second-order valence-electron chi connectivity index (χ2n) is 8.22. The van der Waals surface area contributed by atoms with E-state index < -0.39 is 0 Å². The van der Waals surface area contributed by atoms with Crippen LogP contribution in [0, 0.1) is 5.41 Å². The Morgan fingerprint density at radius 1 is 1.26 bits per heavy atom. The number of ether oxygens (including phenoxy) is 1. The van der Waals surface area contributed by atoms with Crippen molar-refractivity contribution in [3.8, 4) is 5.75 Å². The molecule has 0 bridgehead atoms. The lowest BCUT2D eigenvalue weighted by molar-refractivity contribution is -0.136. The first-order valence-electron chi connectivity index (χ1n) is 10.5. The molecule has 150 valence electrons. The highest BCUT2D eigenvalue weighted by Gasteiger charge is 2.46. The van der Waals surface area contributed by atoms with E-state index in [1.54, 1.807) is 0 Å². The molecule has 0 radical (unpaired) electrons. The summed E-state index contributed by atoms with van der Waals surface area (Å²) in [6.07, 6.45) is 4.36. The fourth-order valence-corrected chi connectivity index (χ4v) is 4.69. The predicted molar refractivity (Wildman–Crippen MR) is 109 cm³/mol. The Kier molecular flexibility index (Phi) is 6.77. The summed E-state index contributed by atoms with van der Waals surface area (Å²) >= 11 is 0. The van der Waals surface area contributed by atoms with Gasteiger partial charge >= 0.3 is 0 Å². The Morgan fingerprint density at radius 2 is 1.96 bits per heavy atom. The van der Waals surface area contributed by atoms with Gasteiger partial charge in [-0.1, -0.05) is 19.1 Å². The minimum Gasteiger partial charge on any atom is -0.494 e. The van der Waals surface area contributed by atoms with Crippen LogP contribution in [-0.2, 0) is 11.3 Å². The number of piperidine rings is 1. The molecule has 2 aliphatic heterocycles. The number of hydrogen-bond donors (Lipinski definition) is 1. The van der Waals surface area contributed by atoms with Crippen LogP contribution in [0.15, 0.2) is 24.3 Å². The van der Waals surface area contributed by atoms with Crippen molar-refractivity contribution >= 4 is 5.91 Å². The van der Waals surface area contributed by atoms with E-state index in [2.05, 4.69) is 41.2 Å². The molecule has 1 spiro atoms. The van der Waals surface area contributed by atoms with Gasteiger partial charge in [-0.25, -0.2) is 0 Å². The fourth-order valence-electron chi connectivity index (χ4n) is 4.69. The largest absolute Gasteiger partial charge is 0.494 e. The standard InChI is InChI=1S/C22H35N3O2/c1-4-14-25(16-18-6-8-19(9-7-18)27-5-2)21(26)20-15-22(17-24(20)3)10-12-23-13-11-22/h6-9,20,23H,4-5,10-17H2,1-3H3/t20-/m0/s1. The summed E-state index contributed by atoms with van der Waals surface area (Å²) in [5.74, 6) is 1.18. The van der Waals surface area contributed by atoms with Gasteiger partial charge in [-0.05, 0) is 75.9 Å². The zero-order valence-corrected chi connectivity index (χ0v) is 17.2. The first-order valence-corrected chi connectivity index (χ1v) is 10.5. The second-order valence-corrected chi connectivity index (χ2v) is 8.22.